The minimum Gasteiger partial charge on any atom is -0.481 e. The first kappa shape index (κ1) is 15.6. The molecule has 0 radical (unpaired) electrons. The van der Waals surface area contributed by atoms with Crippen molar-refractivity contribution >= 4 is 16.0 Å². The zero-order chi connectivity index (χ0) is 14.6. The predicted octanol–water partition coefficient (Wildman–Crippen LogP) is 1.45. The van der Waals surface area contributed by atoms with Gasteiger partial charge in [0, 0.05) is 12.1 Å². The third kappa shape index (κ3) is 4.29. The molecule has 0 saturated heterocycles. The number of hydrogen-bond donors (Lipinski definition) is 2. The molecule has 0 unspecified atom stereocenters. The van der Waals surface area contributed by atoms with Crippen LogP contribution >= 0.6 is 0 Å². The summed E-state index contributed by atoms with van der Waals surface area (Å²) in [5, 5.41) is 8.82. The molecule has 19 heavy (non-hydrogen) atoms. The summed E-state index contributed by atoms with van der Waals surface area (Å²) in [5.74, 6) is -2.55. The molecule has 0 aliphatic heterocycles. The van der Waals surface area contributed by atoms with Crippen LogP contribution in [0.25, 0.3) is 0 Å². The molecule has 2 N–H and O–H groups in total. The highest BCUT2D eigenvalue weighted by Crippen LogP contribution is 2.19. The summed E-state index contributed by atoms with van der Waals surface area (Å²) in [6.45, 7) is 2.79. The molecule has 0 saturated carbocycles. The molecule has 1 atom stereocenters. The van der Waals surface area contributed by atoms with Gasteiger partial charge in [-0.3, -0.25) is 4.79 Å². The molecular formula is C12H16FNO4S. The van der Waals surface area contributed by atoms with Crippen LogP contribution < -0.4 is 4.72 Å². The Balaban J connectivity index is 2.87. The molecule has 5 nitrogen and oxygen atoms in total. The van der Waals surface area contributed by atoms with Gasteiger partial charge in [0.05, 0.1) is 11.7 Å². The van der Waals surface area contributed by atoms with Crippen molar-refractivity contribution < 1.29 is 22.7 Å². The molecule has 1 aromatic carbocycles. The zero-order valence-electron chi connectivity index (χ0n) is 10.7. The quantitative estimate of drug-likeness (QED) is 0.830. The van der Waals surface area contributed by atoms with E-state index < -0.39 is 27.7 Å². The number of nitrogens with one attached hydrogen (secondary N) is 1. The third-order valence-electron chi connectivity index (χ3n) is 2.81. The van der Waals surface area contributed by atoms with Gasteiger partial charge in [-0.1, -0.05) is 12.1 Å². The highest BCUT2D eigenvalue weighted by Gasteiger charge is 2.16. The highest BCUT2D eigenvalue weighted by atomic mass is 32.2. The van der Waals surface area contributed by atoms with Gasteiger partial charge in [-0.25, -0.2) is 17.5 Å². The topological polar surface area (TPSA) is 83.5 Å². The van der Waals surface area contributed by atoms with Crippen LogP contribution in [-0.4, -0.2) is 25.2 Å². The Morgan fingerprint density at radius 2 is 2.11 bits per heavy atom. The molecule has 0 spiro atoms. The van der Waals surface area contributed by atoms with E-state index in [0.717, 1.165) is 6.07 Å². The van der Waals surface area contributed by atoms with Crippen molar-refractivity contribution in [3.63, 3.8) is 0 Å². The summed E-state index contributed by atoms with van der Waals surface area (Å²) in [4.78, 5) is 10.8. The fourth-order valence-corrected chi connectivity index (χ4v) is 1.99. The first-order chi connectivity index (χ1) is 8.76. The van der Waals surface area contributed by atoms with E-state index in [0.29, 0.717) is 5.56 Å². The van der Waals surface area contributed by atoms with Crippen LogP contribution in [0, 0.1) is 5.82 Å². The smallest absolute Gasteiger partial charge is 0.310 e. The monoisotopic (exact) mass is 289 g/mol. The SMILES string of the molecule is CCS(=O)(=O)NCc1ccc([C@@H](C)C(=O)O)cc1F. The van der Waals surface area contributed by atoms with Gasteiger partial charge in [-0.05, 0) is 25.5 Å². The Hall–Kier alpha value is -1.47. The number of aliphatic carboxylic acids is 1. The summed E-state index contributed by atoms with van der Waals surface area (Å²) in [5.41, 5.74) is 0.519. The maximum absolute atomic E-state index is 13.7. The van der Waals surface area contributed by atoms with Crippen LogP contribution in [0.5, 0.6) is 0 Å². The molecule has 106 valence electrons. The van der Waals surface area contributed by atoms with Gasteiger partial charge in [0.25, 0.3) is 0 Å². The molecule has 1 aromatic rings. The van der Waals surface area contributed by atoms with Gasteiger partial charge in [0.2, 0.25) is 10.0 Å². The van der Waals surface area contributed by atoms with Gasteiger partial charge in [0.1, 0.15) is 5.82 Å². The number of benzene rings is 1. The summed E-state index contributed by atoms with van der Waals surface area (Å²) < 4.78 is 38.5. The Morgan fingerprint density at radius 1 is 1.47 bits per heavy atom. The maximum atomic E-state index is 13.7. The second kappa shape index (κ2) is 6.12. The number of rotatable bonds is 6. The van der Waals surface area contributed by atoms with Crippen LogP contribution in [0.4, 0.5) is 4.39 Å². The van der Waals surface area contributed by atoms with Gasteiger partial charge >= 0.3 is 5.97 Å². The first-order valence-corrected chi connectivity index (χ1v) is 7.40. The van der Waals surface area contributed by atoms with E-state index >= 15 is 0 Å². The Morgan fingerprint density at radius 3 is 2.58 bits per heavy atom. The van der Waals surface area contributed by atoms with E-state index in [1.54, 1.807) is 0 Å². The van der Waals surface area contributed by atoms with Crippen LogP contribution in [0.2, 0.25) is 0 Å². The standard InChI is InChI=1S/C12H16FNO4S/c1-3-19(17,18)14-7-10-5-4-9(6-11(10)13)8(2)12(15)16/h4-6,8,14H,3,7H2,1-2H3,(H,15,16)/t8-/m1/s1. The number of carboxylic acids is 1. The normalized spacial score (nSPS) is 13.2. The summed E-state index contributed by atoms with van der Waals surface area (Å²) in [7, 11) is -3.39. The van der Waals surface area contributed by atoms with Crippen molar-refractivity contribution in [3.05, 3.63) is 35.1 Å². The summed E-state index contributed by atoms with van der Waals surface area (Å²) in [6.07, 6.45) is 0. The molecule has 0 heterocycles. The number of carboxylic acid groups (broad SMARTS) is 1. The van der Waals surface area contributed by atoms with Crippen LogP contribution in [-0.2, 0) is 21.4 Å². The van der Waals surface area contributed by atoms with E-state index in [9.17, 15) is 17.6 Å². The van der Waals surface area contributed by atoms with Gasteiger partial charge in [-0.2, -0.15) is 0 Å². The van der Waals surface area contributed by atoms with Crippen molar-refractivity contribution in [3.8, 4) is 0 Å². The van der Waals surface area contributed by atoms with Crippen molar-refractivity contribution in [1.29, 1.82) is 0 Å². The Labute approximate surface area is 111 Å². The lowest BCUT2D eigenvalue weighted by Crippen LogP contribution is -2.25. The summed E-state index contributed by atoms with van der Waals surface area (Å²) >= 11 is 0. The lowest BCUT2D eigenvalue weighted by molar-refractivity contribution is -0.138. The zero-order valence-corrected chi connectivity index (χ0v) is 11.5. The first-order valence-electron chi connectivity index (χ1n) is 5.75. The number of hydrogen-bond acceptors (Lipinski definition) is 3. The molecule has 0 amide bonds. The molecular weight excluding hydrogens is 273 g/mol. The lowest BCUT2D eigenvalue weighted by Gasteiger charge is -2.10. The van der Waals surface area contributed by atoms with E-state index in [1.807, 2.05) is 0 Å². The molecule has 0 bridgehead atoms. The van der Waals surface area contributed by atoms with E-state index in [-0.39, 0.29) is 17.9 Å². The van der Waals surface area contributed by atoms with Gasteiger partial charge in [0.15, 0.2) is 0 Å². The fraction of sp³-hybridized carbons (Fsp3) is 0.417. The maximum Gasteiger partial charge on any atom is 0.310 e. The molecule has 0 aromatic heterocycles. The van der Waals surface area contributed by atoms with Crippen LogP contribution in [0.3, 0.4) is 0 Å². The lowest BCUT2D eigenvalue weighted by atomic mass is 10.00. The van der Waals surface area contributed by atoms with Crippen LogP contribution in [0.1, 0.15) is 30.9 Å². The summed E-state index contributed by atoms with van der Waals surface area (Å²) in [6, 6.07) is 3.99. The van der Waals surface area contributed by atoms with Crippen molar-refractivity contribution in [2.45, 2.75) is 26.3 Å². The average molecular weight is 289 g/mol. The minimum atomic E-state index is -3.39. The Bertz CT molecular complexity index is 571. The second-order valence-electron chi connectivity index (χ2n) is 4.14. The molecule has 0 fully saturated rings. The van der Waals surface area contributed by atoms with Gasteiger partial charge < -0.3 is 5.11 Å². The number of sulfonamides is 1. The van der Waals surface area contributed by atoms with Crippen molar-refractivity contribution in [2.24, 2.45) is 0 Å². The minimum absolute atomic E-state index is 0.0806. The average Bonchev–Trinajstić information content (AvgIpc) is 2.36. The van der Waals surface area contributed by atoms with E-state index in [1.165, 1.54) is 26.0 Å². The number of carbonyl (C=O) groups is 1. The highest BCUT2D eigenvalue weighted by molar-refractivity contribution is 7.89. The fourth-order valence-electron chi connectivity index (χ4n) is 1.41. The second-order valence-corrected chi connectivity index (χ2v) is 6.23. The molecule has 1 rings (SSSR count). The number of halogens is 1. The van der Waals surface area contributed by atoms with Crippen molar-refractivity contribution in [1.82, 2.24) is 4.72 Å². The third-order valence-corrected chi connectivity index (χ3v) is 4.15. The largest absolute Gasteiger partial charge is 0.481 e. The molecule has 7 heteroatoms. The molecule has 0 aliphatic rings. The predicted molar refractivity (Wildman–Crippen MR) is 68.8 cm³/mol. The van der Waals surface area contributed by atoms with Crippen LogP contribution in [0.15, 0.2) is 18.2 Å². The molecule has 0 aliphatic carbocycles. The van der Waals surface area contributed by atoms with Crippen molar-refractivity contribution in [2.75, 3.05) is 5.75 Å². The van der Waals surface area contributed by atoms with E-state index in [2.05, 4.69) is 4.72 Å². The van der Waals surface area contributed by atoms with Gasteiger partial charge in [-0.15, -0.1) is 0 Å². The Kier molecular flexibility index (Phi) is 5.02. The van der Waals surface area contributed by atoms with E-state index in [4.69, 9.17) is 5.11 Å².